The molecule has 1 aromatic heterocycles. The Hall–Kier alpha value is -1.51. The van der Waals surface area contributed by atoms with E-state index in [0.717, 1.165) is 12.1 Å². The third kappa shape index (κ3) is 1.87. The van der Waals surface area contributed by atoms with Crippen molar-refractivity contribution in [3.05, 3.63) is 36.2 Å². The number of rotatable bonds is 4. The van der Waals surface area contributed by atoms with E-state index in [9.17, 15) is 4.79 Å². The second-order valence-electron chi connectivity index (χ2n) is 2.95. The van der Waals surface area contributed by atoms with Gasteiger partial charge in [-0.1, -0.05) is 13.0 Å². The molecule has 0 saturated carbocycles. The van der Waals surface area contributed by atoms with Gasteiger partial charge >= 0.3 is 5.97 Å². The molecule has 14 heavy (non-hydrogen) atoms. The second-order valence-corrected chi connectivity index (χ2v) is 2.95. The van der Waals surface area contributed by atoms with Crippen LogP contribution in [0.2, 0.25) is 0 Å². The van der Waals surface area contributed by atoms with Crippen LogP contribution >= 0.6 is 0 Å². The predicted molar refractivity (Wildman–Crippen MR) is 55.3 cm³/mol. The number of ether oxygens (including phenoxy) is 1. The summed E-state index contributed by atoms with van der Waals surface area (Å²) in [4.78, 5) is 11.4. The maximum atomic E-state index is 11.4. The summed E-state index contributed by atoms with van der Waals surface area (Å²) in [7, 11) is 1.39. The molecule has 1 heterocycles. The molecule has 0 fully saturated rings. The van der Waals surface area contributed by atoms with Gasteiger partial charge in [-0.25, -0.2) is 4.79 Å². The number of carbonyl (C=O) groups excluding carboxylic acids is 1. The molecular weight excluding hydrogens is 178 g/mol. The van der Waals surface area contributed by atoms with Gasteiger partial charge in [0.2, 0.25) is 0 Å². The molecule has 0 N–H and O–H groups in total. The molecule has 3 heteroatoms. The average molecular weight is 193 g/mol. The Labute approximate surface area is 84.0 Å². The van der Waals surface area contributed by atoms with E-state index >= 15 is 0 Å². The number of hydrogen-bond donors (Lipinski definition) is 0. The zero-order valence-electron chi connectivity index (χ0n) is 8.62. The van der Waals surface area contributed by atoms with Crippen molar-refractivity contribution >= 4 is 5.97 Å². The van der Waals surface area contributed by atoms with Crippen LogP contribution in [0, 0.1) is 0 Å². The number of aromatic nitrogens is 1. The number of aryl methyl sites for hydroxylation is 1. The quantitative estimate of drug-likeness (QED) is 0.541. The van der Waals surface area contributed by atoms with Gasteiger partial charge in [0.15, 0.2) is 0 Å². The van der Waals surface area contributed by atoms with E-state index in [1.165, 1.54) is 7.11 Å². The Kier molecular flexibility index (Phi) is 3.51. The molecule has 76 valence electrons. The molecule has 3 nitrogen and oxygen atoms in total. The van der Waals surface area contributed by atoms with E-state index in [4.69, 9.17) is 0 Å². The summed E-state index contributed by atoms with van der Waals surface area (Å²) in [5.74, 6) is -0.299. The van der Waals surface area contributed by atoms with Crippen molar-refractivity contribution in [3.8, 4) is 0 Å². The highest BCUT2D eigenvalue weighted by molar-refractivity contribution is 5.87. The van der Waals surface area contributed by atoms with Crippen molar-refractivity contribution in [2.45, 2.75) is 19.9 Å². The molecular formula is C11H15NO2. The van der Waals surface area contributed by atoms with E-state index in [2.05, 4.69) is 18.2 Å². The Balaban J connectivity index is 3.09. The van der Waals surface area contributed by atoms with E-state index in [1.807, 2.05) is 10.6 Å². The van der Waals surface area contributed by atoms with Gasteiger partial charge in [-0.15, -0.1) is 6.58 Å². The van der Waals surface area contributed by atoms with Gasteiger partial charge in [0, 0.05) is 12.2 Å². The highest BCUT2D eigenvalue weighted by Crippen LogP contribution is 2.11. The lowest BCUT2D eigenvalue weighted by atomic mass is 10.3. The van der Waals surface area contributed by atoms with Gasteiger partial charge < -0.3 is 9.30 Å². The minimum absolute atomic E-state index is 0.299. The average Bonchev–Trinajstić information content (AvgIpc) is 2.60. The lowest BCUT2D eigenvalue weighted by Crippen LogP contribution is -2.11. The molecule has 0 saturated heterocycles. The summed E-state index contributed by atoms with van der Waals surface area (Å²) in [5, 5.41) is 0. The van der Waals surface area contributed by atoms with Crippen molar-refractivity contribution in [2.75, 3.05) is 7.11 Å². The number of hydrogen-bond acceptors (Lipinski definition) is 2. The molecule has 0 aromatic carbocycles. The van der Waals surface area contributed by atoms with Gasteiger partial charge in [-0.2, -0.15) is 0 Å². The molecule has 0 amide bonds. The van der Waals surface area contributed by atoms with E-state index in [0.29, 0.717) is 12.2 Å². The number of methoxy groups -OCH3 is 1. The van der Waals surface area contributed by atoms with Crippen LogP contribution in [0.25, 0.3) is 0 Å². The van der Waals surface area contributed by atoms with Gasteiger partial charge in [0.05, 0.1) is 7.11 Å². The standard InChI is InChI=1S/C11H15NO2/c1-4-8-12-9(5-2)6-7-10(12)11(13)14-3/h4,6-7H,1,5,8H2,2-3H3. The first-order valence-corrected chi connectivity index (χ1v) is 4.62. The van der Waals surface area contributed by atoms with Crippen LogP contribution in [-0.2, 0) is 17.7 Å². The second kappa shape index (κ2) is 4.65. The summed E-state index contributed by atoms with van der Waals surface area (Å²) in [6.45, 7) is 6.36. The van der Waals surface area contributed by atoms with Crippen LogP contribution in [0.1, 0.15) is 23.1 Å². The summed E-state index contributed by atoms with van der Waals surface area (Å²) in [5.41, 5.74) is 1.70. The molecule has 0 radical (unpaired) electrons. The smallest absolute Gasteiger partial charge is 0.354 e. The van der Waals surface area contributed by atoms with Gasteiger partial charge in [0.25, 0.3) is 0 Å². The monoisotopic (exact) mass is 193 g/mol. The predicted octanol–water partition coefficient (Wildman–Crippen LogP) is 2.02. The fourth-order valence-electron chi connectivity index (χ4n) is 1.45. The normalized spacial score (nSPS) is 9.86. The highest BCUT2D eigenvalue weighted by atomic mass is 16.5. The molecule has 0 aliphatic rings. The topological polar surface area (TPSA) is 31.2 Å². The zero-order valence-corrected chi connectivity index (χ0v) is 8.62. The Morgan fingerprint density at radius 3 is 2.86 bits per heavy atom. The minimum Gasteiger partial charge on any atom is -0.464 e. The van der Waals surface area contributed by atoms with Crippen LogP contribution in [0.4, 0.5) is 0 Å². The maximum Gasteiger partial charge on any atom is 0.354 e. The Morgan fingerprint density at radius 2 is 2.36 bits per heavy atom. The van der Waals surface area contributed by atoms with Crippen molar-refractivity contribution in [2.24, 2.45) is 0 Å². The molecule has 0 aliphatic carbocycles. The summed E-state index contributed by atoms with van der Waals surface area (Å²) in [6, 6.07) is 3.73. The summed E-state index contributed by atoms with van der Waals surface area (Å²) in [6.07, 6.45) is 2.66. The van der Waals surface area contributed by atoms with Gasteiger partial charge in [0.1, 0.15) is 5.69 Å². The van der Waals surface area contributed by atoms with Crippen molar-refractivity contribution in [1.29, 1.82) is 0 Å². The van der Waals surface area contributed by atoms with Crippen LogP contribution in [0.5, 0.6) is 0 Å². The van der Waals surface area contributed by atoms with Crippen LogP contribution in [-0.4, -0.2) is 17.6 Å². The molecule has 0 aliphatic heterocycles. The van der Waals surface area contributed by atoms with Crippen LogP contribution in [0.15, 0.2) is 24.8 Å². The van der Waals surface area contributed by atoms with Crippen molar-refractivity contribution in [3.63, 3.8) is 0 Å². The molecule has 1 rings (SSSR count). The van der Waals surface area contributed by atoms with Crippen LogP contribution < -0.4 is 0 Å². The first-order chi connectivity index (χ1) is 6.74. The van der Waals surface area contributed by atoms with Crippen molar-refractivity contribution < 1.29 is 9.53 Å². The highest BCUT2D eigenvalue weighted by Gasteiger charge is 2.13. The Bertz CT molecular complexity index is 339. The number of nitrogens with zero attached hydrogens (tertiary/aromatic N) is 1. The number of esters is 1. The van der Waals surface area contributed by atoms with E-state index in [-0.39, 0.29) is 5.97 Å². The fourth-order valence-corrected chi connectivity index (χ4v) is 1.45. The third-order valence-electron chi connectivity index (χ3n) is 2.14. The Morgan fingerprint density at radius 1 is 1.64 bits per heavy atom. The molecule has 1 aromatic rings. The van der Waals surface area contributed by atoms with Gasteiger partial charge in [-0.3, -0.25) is 0 Å². The van der Waals surface area contributed by atoms with Crippen molar-refractivity contribution in [1.82, 2.24) is 4.57 Å². The van der Waals surface area contributed by atoms with Gasteiger partial charge in [-0.05, 0) is 18.6 Å². The van der Waals surface area contributed by atoms with E-state index < -0.39 is 0 Å². The van der Waals surface area contributed by atoms with Crippen LogP contribution in [0.3, 0.4) is 0 Å². The summed E-state index contributed by atoms with van der Waals surface area (Å²) < 4.78 is 6.60. The lowest BCUT2D eigenvalue weighted by Gasteiger charge is -2.08. The molecule has 0 atom stereocenters. The van der Waals surface area contributed by atoms with E-state index in [1.54, 1.807) is 12.1 Å². The number of carbonyl (C=O) groups is 1. The lowest BCUT2D eigenvalue weighted by molar-refractivity contribution is 0.0589. The SMILES string of the molecule is C=CCn1c(CC)ccc1C(=O)OC. The largest absolute Gasteiger partial charge is 0.464 e. The first kappa shape index (κ1) is 10.6. The summed E-state index contributed by atoms with van der Waals surface area (Å²) >= 11 is 0. The fraction of sp³-hybridized carbons (Fsp3) is 0.364. The number of allylic oxidation sites excluding steroid dienone is 1. The first-order valence-electron chi connectivity index (χ1n) is 4.62. The third-order valence-corrected chi connectivity index (χ3v) is 2.14. The molecule has 0 bridgehead atoms. The minimum atomic E-state index is -0.299. The maximum absolute atomic E-state index is 11.4. The molecule has 0 spiro atoms. The molecule has 0 unspecified atom stereocenters. The zero-order chi connectivity index (χ0) is 10.6.